The quantitative estimate of drug-likeness (QED) is 0.528. The van der Waals surface area contributed by atoms with E-state index in [1.165, 1.54) is 11.3 Å². The van der Waals surface area contributed by atoms with Gasteiger partial charge in [0.15, 0.2) is 5.13 Å². The molecule has 1 N–H and O–H groups in total. The predicted octanol–water partition coefficient (Wildman–Crippen LogP) is 5.57. The minimum atomic E-state index is -0.214. The van der Waals surface area contributed by atoms with Gasteiger partial charge >= 0.3 is 6.03 Å². The van der Waals surface area contributed by atoms with Crippen LogP contribution in [-0.2, 0) is 6.42 Å². The van der Waals surface area contributed by atoms with Crippen LogP contribution < -0.4 is 14.8 Å². The Hall–Kier alpha value is -3.13. The number of benzene rings is 2. The number of amides is 2. The summed E-state index contributed by atoms with van der Waals surface area (Å²) in [5.41, 5.74) is 2.43. The summed E-state index contributed by atoms with van der Waals surface area (Å²) in [5, 5.41) is 3.45. The van der Waals surface area contributed by atoms with Crippen LogP contribution in [0.5, 0.6) is 11.5 Å². The second kappa shape index (κ2) is 9.56. The van der Waals surface area contributed by atoms with E-state index in [1.54, 1.807) is 39.5 Å². The molecule has 0 spiro atoms. The Labute approximate surface area is 191 Å². The first kappa shape index (κ1) is 22.1. The van der Waals surface area contributed by atoms with Gasteiger partial charge in [0, 0.05) is 29.6 Å². The fourth-order valence-corrected chi connectivity index (χ4v) is 4.83. The van der Waals surface area contributed by atoms with Gasteiger partial charge in [-0.05, 0) is 55.2 Å². The molecule has 3 aromatic rings. The summed E-state index contributed by atoms with van der Waals surface area (Å²) in [5.74, 6) is 1.25. The minimum Gasteiger partial charge on any atom is -0.497 e. The van der Waals surface area contributed by atoms with Crippen molar-refractivity contribution in [1.29, 1.82) is 0 Å². The van der Waals surface area contributed by atoms with Crippen molar-refractivity contribution in [1.82, 2.24) is 9.88 Å². The smallest absolute Gasteiger partial charge is 0.324 e. The van der Waals surface area contributed by atoms with Gasteiger partial charge < -0.3 is 14.4 Å². The molecule has 32 heavy (non-hydrogen) atoms. The Balaban J connectivity index is 1.46. The number of aryl methyl sites for hydroxylation is 1. The number of methoxy groups -OCH3 is 2. The molecule has 1 aliphatic heterocycles. The number of carbonyl (C=O) groups excluding carboxylic acids is 1. The summed E-state index contributed by atoms with van der Waals surface area (Å²) in [6.45, 7) is 2.39. The van der Waals surface area contributed by atoms with Crippen molar-refractivity contribution in [2.75, 3.05) is 26.1 Å². The number of ether oxygens (including phenoxy) is 2. The number of carbonyl (C=O) groups is 1. The topological polar surface area (TPSA) is 63.7 Å². The molecule has 4 rings (SSSR count). The van der Waals surface area contributed by atoms with Crippen molar-refractivity contribution in [3.63, 3.8) is 0 Å². The molecule has 8 heteroatoms. The second-order valence-electron chi connectivity index (χ2n) is 7.78. The lowest BCUT2D eigenvalue weighted by Crippen LogP contribution is -2.34. The highest BCUT2D eigenvalue weighted by molar-refractivity contribution is 7.15. The van der Waals surface area contributed by atoms with Crippen LogP contribution in [0.15, 0.2) is 42.6 Å². The van der Waals surface area contributed by atoms with Crippen LogP contribution >= 0.6 is 11.3 Å². The lowest BCUT2D eigenvalue weighted by molar-refractivity contribution is 0.206. The third-order valence-electron chi connectivity index (χ3n) is 5.69. The number of nitrogens with zero attached hydrogens (tertiary/aromatic N) is 2. The van der Waals surface area contributed by atoms with Gasteiger partial charge in [-0.2, -0.15) is 0 Å². The molecule has 0 saturated carbocycles. The molecule has 0 bridgehead atoms. The summed E-state index contributed by atoms with van der Waals surface area (Å²) in [7, 11) is 3.25. The lowest BCUT2D eigenvalue weighted by Gasteiger charge is -2.26. The number of hydrogen-bond donors (Lipinski definition) is 1. The normalized spacial score (nSPS) is 15.6. The van der Waals surface area contributed by atoms with Gasteiger partial charge in [0.25, 0.3) is 0 Å². The highest BCUT2D eigenvalue weighted by Crippen LogP contribution is 2.39. The summed E-state index contributed by atoms with van der Waals surface area (Å²) >= 11 is 1.40. The molecule has 1 unspecified atom stereocenters. The zero-order valence-corrected chi connectivity index (χ0v) is 19.2. The number of halogens is 1. The van der Waals surface area contributed by atoms with Gasteiger partial charge in [-0.3, -0.25) is 5.32 Å². The Morgan fingerprint density at radius 3 is 2.84 bits per heavy atom. The standard InChI is InChI=1S/C24H26FN3O3S/c1-15-6-7-16(12-20(15)25)11-18-14-26-23(32-18)27-24(29)28-10-4-5-21(28)19-13-17(30-2)8-9-22(19)31-3/h6-9,12-14,21H,4-5,10-11H2,1-3H3,(H,26,27,29). The zero-order valence-electron chi connectivity index (χ0n) is 18.4. The Bertz CT molecular complexity index is 1120. The van der Waals surface area contributed by atoms with Crippen LogP contribution in [0.2, 0.25) is 0 Å². The van der Waals surface area contributed by atoms with Gasteiger partial charge in [-0.15, -0.1) is 11.3 Å². The van der Waals surface area contributed by atoms with E-state index in [0.717, 1.165) is 40.3 Å². The molecule has 2 heterocycles. The Kier molecular flexibility index (Phi) is 6.60. The monoisotopic (exact) mass is 455 g/mol. The molecule has 1 saturated heterocycles. The molecule has 1 atom stereocenters. The summed E-state index contributed by atoms with van der Waals surface area (Å²) < 4.78 is 24.7. The molecular weight excluding hydrogens is 429 g/mol. The summed E-state index contributed by atoms with van der Waals surface area (Å²) in [4.78, 5) is 20.2. The van der Waals surface area contributed by atoms with Crippen molar-refractivity contribution in [3.8, 4) is 11.5 Å². The van der Waals surface area contributed by atoms with Crippen molar-refractivity contribution in [2.45, 2.75) is 32.2 Å². The minimum absolute atomic E-state index is 0.102. The first-order valence-electron chi connectivity index (χ1n) is 10.5. The molecule has 1 fully saturated rings. The number of aromatic nitrogens is 1. The maximum Gasteiger partial charge on any atom is 0.324 e. The zero-order chi connectivity index (χ0) is 22.7. The average Bonchev–Trinajstić information content (AvgIpc) is 3.45. The number of anilines is 1. The maximum atomic E-state index is 13.8. The molecule has 1 aromatic heterocycles. The van der Waals surface area contributed by atoms with Crippen molar-refractivity contribution >= 4 is 22.5 Å². The van der Waals surface area contributed by atoms with Crippen molar-refractivity contribution in [3.05, 3.63) is 70.0 Å². The molecule has 168 valence electrons. The van der Waals surface area contributed by atoms with Crippen LogP contribution in [0, 0.1) is 12.7 Å². The SMILES string of the molecule is COc1ccc(OC)c(C2CCCN2C(=O)Nc2ncc(Cc3ccc(C)c(F)c3)s2)c1. The van der Waals surface area contributed by atoms with Gasteiger partial charge in [0.2, 0.25) is 0 Å². The van der Waals surface area contributed by atoms with E-state index in [-0.39, 0.29) is 17.9 Å². The molecule has 1 aliphatic rings. The van der Waals surface area contributed by atoms with E-state index < -0.39 is 0 Å². The number of likely N-dealkylation sites (tertiary alicyclic amines) is 1. The van der Waals surface area contributed by atoms with E-state index in [4.69, 9.17) is 9.47 Å². The van der Waals surface area contributed by atoms with Gasteiger partial charge in [0.05, 0.1) is 20.3 Å². The fourth-order valence-electron chi connectivity index (χ4n) is 3.99. The predicted molar refractivity (Wildman–Crippen MR) is 123 cm³/mol. The summed E-state index contributed by atoms with van der Waals surface area (Å²) in [6.07, 6.45) is 4.04. The first-order chi connectivity index (χ1) is 15.5. The molecule has 0 aliphatic carbocycles. The number of rotatable bonds is 6. The maximum absolute atomic E-state index is 13.8. The highest BCUT2D eigenvalue weighted by atomic mass is 32.1. The van der Waals surface area contributed by atoms with Gasteiger partial charge in [-0.1, -0.05) is 12.1 Å². The van der Waals surface area contributed by atoms with Crippen molar-refractivity contribution < 1.29 is 18.7 Å². The third kappa shape index (κ3) is 4.70. The average molecular weight is 456 g/mol. The first-order valence-corrected chi connectivity index (χ1v) is 11.3. The van der Waals surface area contributed by atoms with Crippen LogP contribution in [0.4, 0.5) is 14.3 Å². The highest BCUT2D eigenvalue weighted by Gasteiger charge is 2.32. The molecule has 2 aromatic carbocycles. The number of thiazole rings is 1. The van der Waals surface area contributed by atoms with Crippen molar-refractivity contribution in [2.24, 2.45) is 0 Å². The largest absolute Gasteiger partial charge is 0.497 e. The molecule has 0 radical (unpaired) electrons. The third-order valence-corrected chi connectivity index (χ3v) is 6.60. The van der Waals surface area contributed by atoms with Crippen LogP contribution in [-0.4, -0.2) is 36.7 Å². The molecular formula is C24H26FN3O3S. The Morgan fingerprint density at radius 1 is 1.25 bits per heavy atom. The fraction of sp³-hybridized carbons (Fsp3) is 0.333. The van der Waals surface area contributed by atoms with Crippen LogP contribution in [0.1, 0.15) is 40.5 Å². The molecule has 6 nitrogen and oxygen atoms in total. The summed E-state index contributed by atoms with van der Waals surface area (Å²) in [6, 6.07) is 10.6. The number of hydrogen-bond acceptors (Lipinski definition) is 5. The second-order valence-corrected chi connectivity index (χ2v) is 8.90. The van der Waals surface area contributed by atoms with Crippen LogP contribution in [0.25, 0.3) is 0 Å². The van der Waals surface area contributed by atoms with E-state index in [2.05, 4.69) is 10.3 Å². The van der Waals surface area contributed by atoms with Gasteiger partial charge in [0.1, 0.15) is 17.3 Å². The number of nitrogens with one attached hydrogen (secondary N) is 1. The van der Waals surface area contributed by atoms with Gasteiger partial charge in [-0.25, -0.2) is 14.2 Å². The lowest BCUT2D eigenvalue weighted by atomic mass is 10.0. The van der Waals surface area contributed by atoms with E-state index in [1.807, 2.05) is 29.2 Å². The van der Waals surface area contributed by atoms with E-state index in [9.17, 15) is 9.18 Å². The molecule has 2 amide bonds. The Morgan fingerprint density at radius 2 is 2.09 bits per heavy atom. The van der Waals surface area contributed by atoms with E-state index in [0.29, 0.717) is 23.7 Å². The van der Waals surface area contributed by atoms with E-state index >= 15 is 0 Å². The van der Waals surface area contributed by atoms with Crippen LogP contribution in [0.3, 0.4) is 0 Å². The number of urea groups is 1.